The molecule has 0 aliphatic carbocycles. The van der Waals surface area contributed by atoms with Crippen LogP contribution in [0.1, 0.15) is 18.4 Å². The summed E-state index contributed by atoms with van der Waals surface area (Å²) in [5.74, 6) is 0.159. The molecule has 0 spiro atoms. The molecule has 1 aliphatic rings. The molecular weight excluding hydrogens is 214 g/mol. The van der Waals surface area contributed by atoms with Gasteiger partial charge in [-0.25, -0.2) is 0 Å². The summed E-state index contributed by atoms with van der Waals surface area (Å²) < 4.78 is 5.44. The summed E-state index contributed by atoms with van der Waals surface area (Å²) in [6.07, 6.45) is 1.93. The highest BCUT2D eigenvalue weighted by atomic mass is 16.5. The van der Waals surface area contributed by atoms with Crippen LogP contribution in [0.3, 0.4) is 0 Å². The third kappa shape index (κ3) is 2.77. The minimum atomic E-state index is 0.0312. The van der Waals surface area contributed by atoms with Gasteiger partial charge in [-0.15, -0.1) is 0 Å². The second kappa shape index (κ2) is 5.19. The third-order valence-electron chi connectivity index (χ3n) is 3.40. The fourth-order valence-corrected chi connectivity index (χ4v) is 2.33. The van der Waals surface area contributed by atoms with Crippen molar-refractivity contribution >= 4 is 5.96 Å². The van der Waals surface area contributed by atoms with E-state index in [9.17, 15) is 0 Å². The van der Waals surface area contributed by atoms with Crippen molar-refractivity contribution in [1.82, 2.24) is 0 Å². The van der Waals surface area contributed by atoms with Gasteiger partial charge in [0.2, 0.25) is 0 Å². The quantitative estimate of drug-likeness (QED) is 0.604. The Balaban J connectivity index is 2.26. The lowest BCUT2D eigenvalue weighted by Gasteiger charge is -2.36. The summed E-state index contributed by atoms with van der Waals surface area (Å²) in [6, 6.07) is 10.4. The molecule has 2 rings (SSSR count). The van der Waals surface area contributed by atoms with Crippen LogP contribution in [0.2, 0.25) is 0 Å². The Morgan fingerprint density at radius 1 is 1.18 bits per heavy atom. The average molecular weight is 233 g/mol. The smallest absolute Gasteiger partial charge is 0.185 e. The van der Waals surface area contributed by atoms with Crippen molar-refractivity contribution in [2.24, 2.45) is 16.5 Å². The van der Waals surface area contributed by atoms with Gasteiger partial charge in [-0.1, -0.05) is 30.3 Å². The molecule has 0 radical (unpaired) electrons. The fourth-order valence-electron chi connectivity index (χ4n) is 2.33. The standard InChI is InChI=1S/C13H19N3O/c14-12(15)16-10-13(6-8-17-9-7-13)11-4-2-1-3-5-11/h1-5H,6-10H2,(H4,14,15,16). The second-order valence-electron chi connectivity index (χ2n) is 4.50. The SMILES string of the molecule is NC(N)=NCC1(c2ccccc2)CCOCC1. The lowest BCUT2D eigenvalue weighted by Crippen LogP contribution is -2.38. The van der Waals surface area contributed by atoms with Gasteiger partial charge in [0.15, 0.2) is 5.96 Å². The van der Waals surface area contributed by atoms with Crippen molar-refractivity contribution in [2.75, 3.05) is 19.8 Å². The van der Waals surface area contributed by atoms with Gasteiger partial charge >= 0.3 is 0 Å². The highest BCUT2D eigenvalue weighted by molar-refractivity contribution is 5.75. The minimum absolute atomic E-state index is 0.0312. The van der Waals surface area contributed by atoms with Crippen molar-refractivity contribution in [1.29, 1.82) is 0 Å². The van der Waals surface area contributed by atoms with E-state index in [1.165, 1.54) is 5.56 Å². The lowest BCUT2D eigenvalue weighted by molar-refractivity contribution is 0.0531. The first kappa shape index (κ1) is 11.9. The molecular formula is C13H19N3O. The Kier molecular flexibility index (Phi) is 3.64. The Bertz CT molecular complexity index is 379. The van der Waals surface area contributed by atoms with Crippen LogP contribution in [-0.2, 0) is 10.2 Å². The predicted molar refractivity (Wildman–Crippen MR) is 68.8 cm³/mol. The van der Waals surface area contributed by atoms with Gasteiger partial charge in [-0.05, 0) is 18.4 Å². The number of rotatable bonds is 3. The molecule has 0 amide bonds. The summed E-state index contributed by atoms with van der Waals surface area (Å²) in [6.45, 7) is 2.19. The van der Waals surface area contributed by atoms with E-state index in [1.54, 1.807) is 0 Å². The predicted octanol–water partition coefficient (Wildman–Crippen LogP) is 1.01. The van der Waals surface area contributed by atoms with E-state index in [-0.39, 0.29) is 11.4 Å². The summed E-state index contributed by atoms with van der Waals surface area (Å²) >= 11 is 0. The van der Waals surface area contributed by atoms with Gasteiger partial charge in [-0.2, -0.15) is 0 Å². The molecule has 4 N–H and O–H groups in total. The van der Waals surface area contributed by atoms with Crippen molar-refractivity contribution in [3.63, 3.8) is 0 Å². The molecule has 0 atom stereocenters. The van der Waals surface area contributed by atoms with Gasteiger partial charge in [0.1, 0.15) is 0 Å². The van der Waals surface area contributed by atoms with Crippen LogP contribution >= 0.6 is 0 Å². The number of hydrogen-bond acceptors (Lipinski definition) is 2. The van der Waals surface area contributed by atoms with Crippen LogP contribution in [0.15, 0.2) is 35.3 Å². The van der Waals surface area contributed by atoms with Crippen LogP contribution in [0, 0.1) is 0 Å². The van der Waals surface area contributed by atoms with E-state index in [1.807, 2.05) is 6.07 Å². The molecule has 1 heterocycles. The molecule has 1 aliphatic heterocycles. The molecule has 1 aromatic rings. The molecule has 92 valence electrons. The normalized spacial score (nSPS) is 18.6. The maximum Gasteiger partial charge on any atom is 0.185 e. The number of nitrogens with two attached hydrogens (primary N) is 2. The monoisotopic (exact) mass is 233 g/mol. The van der Waals surface area contributed by atoms with Crippen LogP contribution < -0.4 is 11.5 Å². The van der Waals surface area contributed by atoms with Crippen molar-refractivity contribution < 1.29 is 4.74 Å². The maximum atomic E-state index is 5.44. The third-order valence-corrected chi connectivity index (χ3v) is 3.40. The molecule has 0 aromatic heterocycles. The number of hydrogen-bond donors (Lipinski definition) is 2. The lowest BCUT2D eigenvalue weighted by atomic mass is 9.74. The first-order chi connectivity index (χ1) is 8.23. The van der Waals surface area contributed by atoms with Gasteiger partial charge in [0.05, 0.1) is 6.54 Å². The fraction of sp³-hybridized carbons (Fsp3) is 0.462. The molecule has 1 fully saturated rings. The van der Waals surface area contributed by atoms with E-state index in [4.69, 9.17) is 16.2 Å². The van der Waals surface area contributed by atoms with Crippen LogP contribution in [0.4, 0.5) is 0 Å². The van der Waals surface area contributed by atoms with Crippen molar-refractivity contribution in [3.8, 4) is 0 Å². The highest BCUT2D eigenvalue weighted by Crippen LogP contribution is 2.34. The van der Waals surface area contributed by atoms with Crippen molar-refractivity contribution in [3.05, 3.63) is 35.9 Å². The molecule has 4 nitrogen and oxygen atoms in total. The maximum absolute atomic E-state index is 5.44. The molecule has 0 unspecified atom stereocenters. The summed E-state index contributed by atoms with van der Waals surface area (Å²) in [5, 5.41) is 0. The average Bonchev–Trinajstić information content (AvgIpc) is 2.39. The first-order valence-corrected chi connectivity index (χ1v) is 5.92. The molecule has 17 heavy (non-hydrogen) atoms. The van der Waals surface area contributed by atoms with Gasteiger partial charge in [-0.3, -0.25) is 4.99 Å². The summed E-state index contributed by atoms with van der Waals surface area (Å²) in [5.41, 5.74) is 12.2. The van der Waals surface area contributed by atoms with E-state index in [0.717, 1.165) is 26.1 Å². The molecule has 0 bridgehead atoms. The van der Waals surface area contributed by atoms with Gasteiger partial charge in [0, 0.05) is 18.6 Å². The van der Waals surface area contributed by atoms with Crippen molar-refractivity contribution in [2.45, 2.75) is 18.3 Å². The van der Waals surface area contributed by atoms with Crippen LogP contribution in [-0.4, -0.2) is 25.7 Å². The zero-order valence-electron chi connectivity index (χ0n) is 9.93. The zero-order valence-corrected chi connectivity index (χ0v) is 9.93. The van der Waals surface area contributed by atoms with Gasteiger partial charge < -0.3 is 16.2 Å². The Morgan fingerprint density at radius 3 is 2.41 bits per heavy atom. The van der Waals surface area contributed by atoms with E-state index in [2.05, 4.69) is 29.3 Å². The van der Waals surface area contributed by atoms with E-state index < -0.39 is 0 Å². The molecule has 1 aromatic carbocycles. The van der Waals surface area contributed by atoms with E-state index >= 15 is 0 Å². The largest absolute Gasteiger partial charge is 0.381 e. The highest BCUT2D eigenvalue weighted by Gasteiger charge is 2.34. The Hall–Kier alpha value is -1.55. The second-order valence-corrected chi connectivity index (χ2v) is 4.50. The topological polar surface area (TPSA) is 73.6 Å². The first-order valence-electron chi connectivity index (χ1n) is 5.92. The number of aliphatic imine (C=N–C) groups is 1. The van der Waals surface area contributed by atoms with Gasteiger partial charge in [0.25, 0.3) is 0 Å². The van der Waals surface area contributed by atoms with Crippen LogP contribution in [0.25, 0.3) is 0 Å². The zero-order chi connectivity index (χ0) is 12.1. The summed E-state index contributed by atoms with van der Waals surface area (Å²) in [7, 11) is 0. The molecule has 1 saturated heterocycles. The summed E-state index contributed by atoms with van der Waals surface area (Å²) in [4.78, 5) is 4.21. The number of nitrogens with zero attached hydrogens (tertiary/aromatic N) is 1. The van der Waals surface area contributed by atoms with E-state index in [0.29, 0.717) is 6.54 Å². The Morgan fingerprint density at radius 2 is 1.82 bits per heavy atom. The molecule has 4 heteroatoms. The van der Waals surface area contributed by atoms with Crippen LogP contribution in [0.5, 0.6) is 0 Å². The molecule has 0 saturated carbocycles. The number of benzene rings is 1. The number of guanidine groups is 1. The number of ether oxygens (including phenoxy) is 1. The Labute approximate surface area is 102 Å². The minimum Gasteiger partial charge on any atom is -0.381 e.